The molecule has 0 radical (unpaired) electrons. The van der Waals surface area contributed by atoms with Crippen molar-refractivity contribution in [3.8, 4) is 0 Å². The fourth-order valence-corrected chi connectivity index (χ4v) is 4.43. The Labute approximate surface area is 162 Å². The van der Waals surface area contributed by atoms with Crippen molar-refractivity contribution in [3.05, 3.63) is 68.1 Å². The van der Waals surface area contributed by atoms with Gasteiger partial charge < -0.3 is 5.32 Å². The molecule has 0 fully saturated rings. The number of nitrogens with one attached hydrogen (secondary N) is 1. The van der Waals surface area contributed by atoms with E-state index in [2.05, 4.69) is 47.6 Å². The number of anilines is 2. The summed E-state index contributed by atoms with van der Waals surface area (Å²) in [5.41, 5.74) is 2.21. The lowest BCUT2D eigenvalue weighted by Crippen LogP contribution is -2.30. The monoisotopic (exact) mass is 436 g/mol. The van der Waals surface area contributed by atoms with Crippen LogP contribution in [0.1, 0.15) is 16.1 Å². The molecule has 0 saturated carbocycles. The van der Waals surface area contributed by atoms with Crippen LogP contribution in [0.25, 0.3) is 0 Å². The third-order valence-corrected chi connectivity index (χ3v) is 5.87. The maximum atomic E-state index is 13.8. The minimum atomic E-state index is -0.667. The fraction of sp³-hybridized carbons (Fsp3) is 0.222. The lowest BCUT2D eigenvalue weighted by atomic mass is 10.1. The molecule has 4 nitrogen and oxygen atoms in total. The molecule has 0 spiro atoms. The number of benzene rings is 1. The topological polar surface area (TPSA) is 41.1 Å². The second-order valence-corrected chi connectivity index (χ2v) is 8.02. The Balaban J connectivity index is 1.46. The molecule has 3 heterocycles. The number of rotatable bonds is 4. The molecule has 3 aromatic rings. The Morgan fingerprint density at radius 2 is 2.15 bits per heavy atom. The van der Waals surface area contributed by atoms with E-state index in [1.54, 1.807) is 17.5 Å². The summed E-state index contributed by atoms with van der Waals surface area (Å²) in [6.45, 7) is 2.59. The number of thiophene rings is 1. The maximum Gasteiger partial charge on any atom is 0.227 e. The van der Waals surface area contributed by atoms with E-state index in [0.29, 0.717) is 5.95 Å². The molecule has 1 aliphatic heterocycles. The van der Waals surface area contributed by atoms with Crippen molar-refractivity contribution in [2.45, 2.75) is 19.5 Å². The Kier molecular flexibility index (Phi) is 4.97. The van der Waals surface area contributed by atoms with E-state index in [1.807, 2.05) is 0 Å². The van der Waals surface area contributed by atoms with Crippen LogP contribution < -0.4 is 5.32 Å². The first-order valence-electron chi connectivity index (χ1n) is 8.09. The zero-order valence-electron chi connectivity index (χ0n) is 13.7. The van der Waals surface area contributed by atoms with Gasteiger partial charge in [0.15, 0.2) is 0 Å². The van der Waals surface area contributed by atoms with Gasteiger partial charge in [-0.3, -0.25) is 4.90 Å². The number of fused-ring (bicyclic) bond motifs is 1. The second-order valence-electron chi connectivity index (χ2n) is 6.11. The Bertz CT molecular complexity index is 947. The summed E-state index contributed by atoms with van der Waals surface area (Å²) in [5, 5.41) is 4.91. The molecule has 26 heavy (non-hydrogen) atoms. The molecule has 0 bridgehead atoms. The van der Waals surface area contributed by atoms with E-state index in [0.717, 1.165) is 47.9 Å². The summed E-state index contributed by atoms with van der Waals surface area (Å²) in [4.78, 5) is 12.5. The van der Waals surface area contributed by atoms with Crippen molar-refractivity contribution in [2.24, 2.45) is 0 Å². The van der Waals surface area contributed by atoms with Gasteiger partial charge in [-0.1, -0.05) is 0 Å². The van der Waals surface area contributed by atoms with Gasteiger partial charge >= 0.3 is 0 Å². The molecule has 0 aliphatic carbocycles. The number of hydrogen-bond acceptors (Lipinski definition) is 5. The van der Waals surface area contributed by atoms with Crippen molar-refractivity contribution in [2.75, 3.05) is 11.9 Å². The average Bonchev–Trinajstić information content (AvgIpc) is 3.02. The molecular weight excluding hydrogens is 422 g/mol. The smallest absolute Gasteiger partial charge is 0.227 e. The summed E-state index contributed by atoms with van der Waals surface area (Å²) in [5.74, 6) is -0.957. The zero-order valence-corrected chi connectivity index (χ0v) is 16.1. The van der Waals surface area contributed by atoms with Crippen LogP contribution in [0.3, 0.4) is 0 Å². The Morgan fingerprint density at radius 1 is 1.27 bits per heavy atom. The highest BCUT2D eigenvalue weighted by Gasteiger charge is 2.19. The molecule has 0 saturated heterocycles. The predicted octanol–water partition coefficient (Wildman–Crippen LogP) is 4.88. The molecule has 0 unspecified atom stereocenters. The standard InChI is InChI=1S/C18H15BrF2N4S/c19-12-5-14(26-10-12)9-25-4-3-16-11(8-25)7-22-18(23-16)24-17-2-1-13(20)6-15(17)21/h1-2,5-7,10H,3-4,8-9H2,(H,22,23,24). The normalized spacial score (nSPS) is 14.3. The molecule has 1 aliphatic rings. The van der Waals surface area contributed by atoms with Crippen LogP contribution in [0.15, 0.2) is 40.3 Å². The van der Waals surface area contributed by atoms with Crippen LogP contribution >= 0.6 is 27.3 Å². The predicted molar refractivity (Wildman–Crippen MR) is 102 cm³/mol. The first kappa shape index (κ1) is 17.5. The third kappa shape index (κ3) is 3.92. The van der Waals surface area contributed by atoms with Gasteiger partial charge in [-0.25, -0.2) is 18.7 Å². The zero-order chi connectivity index (χ0) is 18.1. The molecular formula is C18H15BrF2N4S. The van der Waals surface area contributed by atoms with Gasteiger partial charge in [-0.05, 0) is 34.1 Å². The van der Waals surface area contributed by atoms with Crippen LogP contribution in [0.2, 0.25) is 0 Å². The summed E-state index contributed by atoms with van der Waals surface area (Å²) in [7, 11) is 0. The highest BCUT2D eigenvalue weighted by Crippen LogP contribution is 2.25. The lowest BCUT2D eigenvalue weighted by Gasteiger charge is -2.27. The summed E-state index contributed by atoms with van der Waals surface area (Å²) < 4.78 is 27.9. The van der Waals surface area contributed by atoms with Crippen LogP contribution in [-0.2, 0) is 19.5 Å². The second kappa shape index (κ2) is 7.38. The summed E-state index contributed by atoms with van der Waals surface area (Å²) >= 11 is 5.22. The van der Waals surface area contributed by atoms with Gasteiger partial charge in [-0.2, -0.15) is 0 Å². The van der Waals surface area contributed by atoms with E-state index in [9.17, 15) is 8.78 Å². The van der Waals surface area contributed by atoms with Gasteiger partial charge in [0.05, 0.1) is 11.4 Å². The van der Waals surface area contributed by atoms with Gasteiger partial charge in [-0.15, -0.1) is 11.3 Å². The summed E-state index contributed by atoms with van der Waals surface area (Å²) in [6, 6.07) is 5.52. The van der Waals surface area contributed by atoms with Crippen molar-refractivity contribution < 1.29 is 8.78 Å². The number of nitrogens with zero attached hydrogens (tertiary/aromatic N) is 3. The number of hydrogen-bond donors (Lipinski definition) is 1. The first-order chi connectivity index (χ1) is 12.6. The third-order valence-electron chi connectivity index (χ3n) is 4.19. The van der Waals surface area contributed by atoms with E-state index in [4.69, 9.17) is 0 Å². The maximum absolute atomic E-state index is 13.8. The van der Waals surface area contributed by atoms with Gasteiger partial charge in [0.2, 0.25) is 5.95 Å². The van der Waals surface area contributed by atoms with Crippen LogP contribution in [0.5, 0.6) is 0 Å². The lowest BCUT2D eigenvalue weighted by molar-refractivity contribution is 0.245. The number of halogens is 3. The highest BCUT2D eigenvalue weighted by atomic mass is 79.9. The molecule has 0 amide bonds. The van der Waals surface area contributed by atoms with Crippen LogP contribution in [-0.4, -0.2) is 21.4 Å². The summed E-state index contributed by atoms with van der Waals surface area (Å²) in [6.07, 6.45) is 2.59. The quantitative estimate of drug-likeness (QED) is 0.632. The Hall–Kier alpha value is -1.90. The van der Waals surface area contributed by atoms with E-state index in [-0.39, 0.29) is 5.69 Å². The van der Waals surface area contributed by atoms with E-state index >= 15 is 0 Å². The molecule has 1 N–H and O–H groups in total. The fourth-order valence-electron chi connectivity index (χ4n) is 2.94. The average molecular weight is 437 g/mol. The largest absolute Gasteiger partial charge is 0.322 e. The SMILES string of the molecule is Fc1ccc(Nc2ncc3c(n2)CCN(Cc2cc(Br)cs2)C3)c(F)c1. The number of aromatic nitrogens is 2. The molecule has 0 atom stereocenters. The van der Waals surface area contributed by atoms with Crippen molar-refractivity contribution in [1.29, 1.82) is 0 Å². The minimum absolute atomic E-state index is 0.159. The molecule has 4 rings (SSSR count). The molecule has 2 aromatic heterocycles. The van der Waals surface area contributed by atoms with Crippen molar-refractivity contribution in [1.82, 2.24) is 14.9 Å². The Morgan fingerprint density at radius 3 is 2.92 bits per heavy atom. The van der Waals surface area contributed by atoms with E-state index in [1.165, 1.54) is 17.0 Å². The highest BCUT2D eigenvalue weighted by molar-refractivity contribution is 9.10. The van der Waals surface area contributed by atoms with E-state index < -0.39 is 11.6 Å². The minimum Gasteiger partial charge on any atom is -0.322 e. The van der Waals surface area contributed by atoms with Crippen molar-refractivity contribution in [3.63, 3.8) is 0 Å². The van der Waals surface area contributed by atoms with Crippen molar-refractivity contribution >= 4 is 38.9 Å². The molecule has 134 valence electrons. The van der Waals surface area contributed by atoms with Gasteiger partial charge in [0, 0.05) is 58.6 Å². The van der Waals surface area contributed by atoms with Gasteiger partial charge in [0.25, 0.3) is 0 Å². The molecule has 1 aromatic carbocycles. The molecule has 8 heteroatoms. The van der Waals surface area contributed by atoms with Gasteiger partial charge in [0.1, 0.15) is 11.6 Å². The van der Waals surface area contributed by atoms with Crippen LogP contribution in [0.4, 0.5) is 20.4 Å². The first-order valence-corrected chi connectivity index (χ1v) is 9.76. The van der Waals surface area contributed by atoms with Crippen LogP contribution in [0, 0.1) is 11.6 Å².